The number of nitrogens with one attached hydrogen (secondary N) is 1. The molecule has 4 heteroatoms. The normalized spacial score (nSPS) is 11.2. The topological polar surface area (TPSA) is 38.1 Å². The number of halogens is 1. The Hall–Kier alpha value is -1.68. The van der Waals surface area contributed by atoms with E-state index < -0.39 is 0 Å². The van der Waals surface area contributed by atoms with E-state index in [9.17, 15) is 4.39 Å². The van der Waals surface area contributed by atoms with E-state index in [2.05, 4.69) is 24.1 Å². The lowest BCUT2D eigenvalue weighted by Crippen LogP contribution is -2.24. The number of rotatable bonds is 5. The minimum atomic E-state index is -0.284. The van der Waals surface area contributed by atoms with Crippen molar-refractivity contribution in [3.05, 3.63) is 41.7 Å². The first-order valence-corrected chi connectivity index (χ1v) is 6.51. The highest BCUT2D eigenvalue weighted by Gasteiger charge is 2.11. The third-order valence-corrected chi connectivity index (χ3v) is 2.83. The van der Waals surface area contributed by atoms with E-state index in [4.69, 9.17) is 4.42 Å². The molecular weight excluding hydrogens is 243 g/mol. The van der Waals surface area contributed by atoms with Gasteiger partial charge in [-0.15, -0.1) is 0 Å². The fraction of sp³-hybridized carbons (Fsp3) is 0.400. The van der Waals surface area contributed by atoms with Gasteiger partial charge < -0.3 is 9.73 Å². The van der Waals surface area contributed by atoms with Crippen LogP contribution in [-0.4, -0.2) is 17.6 Å². The lowest BCUT2D eigenvalue weighted by molar-refractivity contribution is 0.482. The largest absolute Gasteiger partial charge is 0.441 e. The number of hydrogen-bond acceptors (Lipinski definition) is 3. The molecule has 1 N–H and O–H groups in total. The molecule has 1 aromatic heterocycles. The molecule has 0 amide bonds. The van der Waals surface area contributed by atoms with Crippen LogP contribution in [0.2, 0.25) is 0 Å². The molecule has 0 aliphatic rings. The van der Waals surface area contributed by atoms with E-state index in [0.717, 1.165) is 12.1 Å². The molecule has 0 spiro atoms. The summed E-state index contributed by atoms with van der Waals surface area (Å²) in [6, 6.07) is 5.39. The van der Waals surface area contributed by atoms with Crippen LogP contribution in [0.4, 0.5) is 4.39 Å². The van der Waals surface area contributed by atoms with Crippen LogP contribution in [0.25, 0.3) is 11.3 Å². The molecule has 3 nitrogen and oxygen atoms in total. The van der Waals surface area contributed by atoms with Crippen LogP contribution in [0.3, 0.4) is 0 Å². The summed E-state index contributed by atoms with van der Waals surface area (Å²) in [6.07, 6.45) is 2.29. The van der Waals surface area contributed by atoms with Crippen LogP contribution >= 0.6 is 0 Å². The van der Waals surface area contributed by atoms with Gasteiger partial charge >= 0.3 is 0 Å². The Bertz CT molecular complexity index is 549. The fourth-order valence-electron chi connectivity index (χ4n) is 1.85. The summed E-state index contributed by atoms with van der Waals surface area (Å²) in [5, 5.41) is 3.29. The van der Waals surface area contributed by atoms with E-state index in [1.165, 1.54) is 6.07 Å². The molecule has 0 unspecified atom stereocenters. The van der Waals surface area contributed by atoms with Gasteiger partial charge in [0, 0.05) is 19.0 Å². The molecule has 0 radical (unpaired) electrons. The van der Waals surface area contributed by atoms with Crippen molar-refractivity contribution in [2.75, 3.05) is 6.54 Å². The molecular formula is C15H19FN2O. The first kappa shape index (κ1) is 13.7. The average Bonchev–Trinajstić information content (AvgIpc) is 2.80. The highest BCUT2D eigenvalue weighted by molar-refractivity contribution is 5.58. The predicted molar refractivity (Wildman–Crippen MR) is 73.5 cm³/mol. The van der Waals surface area contributed by atoms with Gasteiger partial charge in [-0.2, -0.15) is 0 Å². The molecule has 102 valence electrons. The van der Waals surface area contributed by atoms with Crippen molar-refractivity contribution < 1.29 is 8.81 Å². The fourth-order valence-corrected chi connectivity index (χ4v) is 1.85. The van der Waals surface area contributed by atoms with Crippen molar-refractivity contribution in [2.45, 2.75) is 33.2 Å². The van der Waals surface area contributed by atoms with Crippen LogP contribution < -0.4 is 5.32 Å². The van der Waals surface area contributed by atoms with Gasteiger partial charge in [-0.3, -0.25) is 0 Å². The lowest BCUT2D eigenvalue weighted by atomic mass is 10.1. The standard InChI is InChI=1S/C15H19FN2O/c1-10(2)17-7-6-15-18-9-14(19-15)12-8-11(3)4-5-13(12)16/h4-5,8-10,17H,6-7H2,1-3H3. The Labute approximate surface area is 112 Å². The summed E-state index contributed by atoms with van der Waals surface area (Å²) >= 11 is 0. The van der Waals surface area contributed by atoms with Crippen molar-refractivity contribution >= 4 is 0 Å². The van der Waals surface area contributed by atoms with E-state index in [-0.39, 0.29) is 5.82 Å². The second-order valence-electron chi connectivity index (χ2n) is 4.96. The molecule has 1 heterocycles. The highest BCUT2D eigenvalue weighted by Crippen LogP contribution is 2.24. The maximum absolute atomic E-state index is 13.7. The summed E-state index contributed by atoms with van der Waals surface area (Å²) in [5.74, 6) is 0.832. The van der Waals surface area contributed by atoms with E-state index in [1.807, 2.05) is 6.92 Å². The molecule has 0 aliphatic heterocycles. The molecule has 19 heavy (non-hydrogen) atoms. The third-order valence-electron chi connectivity index (χ3n) is 2.83. The van der Waals surface area contributed by atoms with Crippen LogP contribution in [0.1, 0.15) is 25.3 Å². The average molecular weight is 262 g/mol. The molecule has 0 saturated carbocycles. The molecule has 0 aliphatic carbocycles. The van der Waals surface area contributed by atoms with Crippen LogP contribution in [-0.2, 0) is 6.42 Å². The molecule has 2 rings (SSSR count). The van der Waals surface area contributed by atoms with Gasteiger partial charge in [-0.05, 0) is 19.1 Å². The van der Waals surface area contributed by atoms with Crippen molar-refractivity contribution in [2.24, 2.45) is 0 Å². The van der Waals surface area contributed by atoms with E-state index in [1.54, 1.807) is 18.3 Å². The van der Waals surface area contributed by atoms with Gasteiger partial charge in [-0.1, -0.05) is 25.5 Å². The maximum atomic E-state index is 13.7. The molecule has 1 aromatic carbocycles. The van der Waals surface area contributed by atoms with Gasteiger partial charge in [0.15, 0.2) is 11.7 Å². The summed E-state index contributed by atoms with van der Waals surface area (Å²) in [5.41, 5.74) is 1.46. The maximum Gasteiger partial charge on any atom is 0.196 e. The Morgan fingerprint density at radius 1 is 1.37 bits per heavy atom. The van der Waals surface area contributed by atoms with Crippen molar-refractivity contribution in [1.29, 1.82) is 0 Å². The Morgan fingerprint density at radius 3 is 2.89 bits per heavy atom. The summed E-state index contributed by atoms with van der Waals surface area (Å²) < 4.78 is 19.3. The summed E-state index contributed by atoms with van der Waals surface area (Å²) in [6.45, 7) is 6.90. The quantitative estimate of drug-likeness (QED) is 0.898. The first-order chi connectivity index (χ1) is 9.06. The first-order valence-electron chi connectivity index (χ1n) is 6.51. The SMILES string of the molecule is Cc1ccc(F)c(-c2cnc(CCNC(C)C)o2)c1. The summed E-state index contributed by atoms with van der Waals surface area (Å²) in [7, 11) is 0. The monoisotopic (exact) mass is 262 g/mol. The lowest BCUT2D eigenvalue weighted by Gasteiger charge is -2.05. The molecule has 0 saturated heterocycles. The number of hydrogen-bond donors (Lipinski definition) is 1. The summed E-state index contributed by atoms with van der Waals surface area (Å²) in [4.78, 5) is 4.19. The van der Waals surface area contributed by atoms with Crippen molar-refractivity contribution in [3.8, 4) is 11.3 Å². The smallest absolute Gasteiger partial charge is 0.196 e. The number of benzene rings is 1. The van der Waals surface area contributed by atoms with Gasteiger partial charge in [0.25, 0.3) is 0 Å². The Kier molecular flexibility index (Phi) is 4.32. The van der Waals surface area contributed by atoms with Crippen molar-refractivity contribution in [1.82, 2.24) is 10.3 Å². The van der Waals surface area contributed by atoms with Crippen LogP contribution in [0.5, 0.6) is 0 Å². The van der Waals surface area contributed by atoms with E-state index >= 15 is 0 Å². The van der Waals surface area contributed by atoms with Crippen LogP contribution in [0.15, 0.2) is 28.8 Å². The van der Waals surface area contributed by atoms with Gasteiger partial charge in [-0.25, -0.2) is 9.37 Å². The number of nitrogens with zero attached hydrogens (tertiary/aromatic N) is 1. The minimum Gasteiger partial charge on any atom is -0.441 e. The molecule has 0 fully saturated rings. The number of aryl methyl sites for hydroxylation is 1. The Balaban J connectivity index is 2.10. The number of aromatic nitrogens is 1. The van der Waals surface area contributed by atoms with Gasteiger partial charge in [0.1, 0.15) is 5.82 Å². The van der Waals surface area contributed by atoms with Crippen LogP contribution in [0, 0.1) is 12.7 Å². The molecule has 0 bridgehead atoms. The highest BCUT2D eigenvalue weighted by atomic mass is 19.1. The zero-order valence-electron chi connectivity index (χ0n) is 11.5. The van der Waals surface area contributed by atoms with E-state index in [0.29, 0.717) is 29.7 Å². The molecule has 2 aromatic rings. The third kappa shape index (κ3) is 3.64. The van der Waals surface area contributed by atoms with Gasteiger partial charge in [0.2, 0.25) is 0 Å². The Morgan fingerprint density at radius 2 is 2.16 bits per heavy atom. The zero-order valence-corrected chi connectivity index (χ0v) is 11.5. The second kappa shape index (κ2) is 5.97. The second-order valence-corrected chi connectivity index (χ2v) is 4.96. The number of oxazole rings is 1. The zero-order chi connectivity index (χ0) is 13.8. The van der Waals surface area contributed by atoms with Gasteiger partial charge in [0.05, 0.1) is 11.8 Å². The van der Waals surface area contributed by atoms with Crippen molar-refractivity contribution in [3.63, 3.8) is 0 Å². The minimum absolute atomic E-state index is 0.284. The predicted octanol–water partition coefficient (Wildman–Crippen LogP) is 3.33. The molecule has 0 atom stereocenters.